The van der Waals surface area contributed by atoms with Crippen molar-refractivity contribution in [2.75, 3.05) is 6.61 Å². The van der Waals surface area contributed by atoms with Crippen LogP contribution in [0.3, 0.4) is 0 Å². The van der Waals surface area contributed by atoms with Crippen LogP contribution >= 0.6 is 0 Å². The lowest BCUT2D eigenvalue weighted by atomic mass is 9.79. The first-order valence-electron chi connectivity index (χ1n) is 9.42. The van der Waals surface area contributed by atoms with Gasteiger partial charge in [0.25, 0.3) is 0 Å². The molecule has 0 heterocycles. The molecule has 4 fully saturated rings. The molecule has 4 rings (SSSR count). The molecule has 0 radical (unpaired) electrons. The van der Waals surface area contributed by atoms with Crippen LogP contribution in [0.25, 0.3) is 0 Å². The van der Waals surface area contributed by atoms with E-state index in [0.717, 1.165) is 49.4 Å². The van der Waals surface area contributed by atoms with Gasteiger partial charge in [0.15, 0.2) is 0 Å². The fraction of sp³-hybridized carbons (Fsp3) is 0.944. The van der Waals surface area contributed by atoms with Gasteiger partial charge in [-0.1, -0.05) is 6.42 Å². The van der Waals surface area contributed by atoms with Gasteiger partial charge in [0.05, 0.1) is 0 Å². The maximum atomic E-state index is 12.3. The normalized spacial score (nSPS) is 46.5. The van der Waals surface area contributed by atoms with Crippen LogP contribution in [-0.2, 0) is 0 Å². The number of fused-ring (bicyclic) bond motifs is 5. The predicted molar refractivity (Wildman–Crippen MR) is 85.3 cm³/mol. The maximum Gasteiger partial charge on any atom is 0.315 e. The van der Waals surface area contributed by atoms with Gasteiger partial charge in [-0.15, -0.1) is 0 Å². The summed E-state index contributed by atoms with van der Waals surface area (Å²) in [5.74, 6) is 3.99. The van der Waals surface area contributed by atoms with Gasteiger partial charge in [0.1, 0.15) is 0 Å². The summed E-state index contributed by atoms with van der Waals surface area (Å²) < 4.78 is 0. The molecule has 2 bridgehead atoms. The zero-order valence-corrected chi connectivity index (χ0v) is 13.5. The Morgan fingerprint density at radius 2 is 1.68 bits per heavy atom. The minimum absolute atomic E-state index is 0.0551. The zero-order valence-electron chi connectivity index (χ0n) is 13.5. The second-order valence-electron chi connectivity index (χ2n) is 8.28. The Hall–Kier alpha value is -0.770. The monoisotopic (exact) mass is 306 g/mol. The van der Waals surface area contributed by atoms with Crippen LogP contribution in [-0.4, -0.2) is 29.8 Å². The van der Waals surface area contributed by atoms with Crippen molar-refractivity contribution in [3.8, 4) is 0 Å². The van der Waals surface area contributed by atoms with Crippen molar-refractivity contribution in [2.45, 2.75) is 69.9 Å². The fourth-order valence-corrected chi connectivity index (χ4v) is 6.12. The van der Waals surface area contributed by atoms with Crippen LogP contribution in [0.5, 0.6) is 0 Å². The average Bonchev–Trinajstić information content (AvgIpc) is 3.20. The van der Waals surface area contributed by atoms with Crippen LogP contribution in [0.2, 0.25) is 0 Å². The highest BCUT2D eigenvalue weighted by Crippen LogP contribution is 2.58. The molecular formula is C18H30N2O2. The summed E-state index contributed by atoms with van der Waals surface area (Å²) in [6.45, 7) is 0.298. The molecule has 0 aromatic rings. The molecule has 4 heteroatoms. The van der Waals surface area contributed by atoms with Crippen LogP contribution in [0.1, 0.15) is 57.8 Å². The van der Waals surface area contributed by atoms with Gasteiger partial charge >= 0.3 is 6.03 Å². The third kappa shape index (κ3) is 2.64. The minimum atomic E-state index is 0.0551. The number of urea groups is 1. The Labute approximate surface area is 133 Å². The summed E-state index contributed by atoms with van der Waals surface area (Å²) in [6, 6.07) is 0.790. The first kappa shape index (κ1) is 14.8. The van der Waals surface area contributed by atoms with Crippen LogP contribution < -0.4 is 10.6 Å². The largest absolute Gasteiger partial charge is 0.396 e. The number of aliphatic hydroxyl groups is 1. The lowest BCUT2D eigenvalue weighted by molar-refractivity contribution is 0.170. The van der Waals surface area contributed by atoms with E-state index in [1.807, 2.05) is 0 Å². The standard InChI is InChI=1S/C18H30N2O2/c21-10-11-4-6-13(7-5-11)19-18(22)20-17-9-12-8-16(17)15-3-1-2-14(12)15/h11-17,21H,1-10H2,(H2,19,20,22). The summed E-state index contributed by atoms with van der Waals surface area (Å²) in [6.07, 6.45) is 10.9. The average molecular weight is 306 g/mol. The van der Waals surface area contributed by atoms with Crippen molar-refractivity contribution >= 4 is 6.03 Å². The van der Waals surface area contributed by atoms with Crippen molar-refractivity contribution in [3.63, 3.8) is 0 Å². The highest BCUT2D eigenvalue weighted by molar-refractivity contribution is 5.74. The molecule has 3 N–H and O–H groups in total. The van der Waals surface area contributed by atoms with E-state index in [1.165, 1.54) is 32.1 Å². The molecule has 4 aliphatic rings. The summed E-state index contributed by atoms with van der Waals surface area (Å²) in [5, 5.41) is 15.7. The van der Waals surface area contributed by atoms with Gasteiger partial charge in [-0.05, 0) is 81.0 Å². The molecule has 5 unspecified atom stereocenters. The number of aliphatic hydroxyl groups excluding tert-OH is 1. The van der Waals surface area contributed by atoms with E-state index in [0.29, 0.717) is 24.6 Å². The maximum absolute atomic E-state index is 12.3. The van der Waals surface area contributed by atoms with Crippen molar-refractivity contribution in [1.82, 2.24) is 10.6 Å². The van der Waals surface area contributed by atoms with Gasteiger partial charge in [0, 0.05) is 18.7 Å². The number of hydrogen-bond donors (Lipinski definition) is 3. The van der Waals surface area contributed by atoms with Gasteiger partial charge in [-0.25, -0.2) is 4.79 Å². The van der Waals surface area contributed by atoms with E-state index in [4.69, 9.17) is 0 Å². The summed E-state index contributed by atoms with van der Waals surface area (Å²) in [5.41, 5.74) is 0. The zero-order chi connectivity index (χ0) is 15.1. The molecule has 0 saturated heterocycles. The van der Waals surface area contributed by atoms with Crippen LogP contribution in [0.15, 0.2) is 0 Å². The molecule has 4 nitrogen and oxygen atoms in total. The SMILES string of the molecule is O=C(NC1CCC(CO)CC1)NC1CC2CC1C1CCCC21. The van der Waals surface area contributed by atoms with Crippen LogP contribution in [0, 0.1) is 29.6 Å². The first-order valence-corrected chi connectivity index (χ1v) is 9.42. The van der Waals surface area contributed by atoms with Gasteiger partial charge in [-0.2, -0.15) is 0 Å². The number of hydrogen-bond acceptors (Lipinski definition) is 2. The first-order chi connectivity index (χ1) is 10.7. The summed E-state index contributed by atoms with van der Waals surface area (Å²) >= 11 is 0. The predicted octanol–water partition coefficient (Wildman–Crippen LogP) is 2.66. The molecule has 0 aromatic carbocycles. The van der Waals surface area contributed by atoms with Crippen molar-refractivity contribution in [2.24, 2.45) is 29.6 Å². The number of rotatable bonds is 3. The molecule has 2 amide bonds. The summed E-state index contributed by atoms with van der Waals surface area (Å²) in [4.78, 5) is 12.3. The molecule has 0 aromatic heterocycles. The number of carbonyl (C=O) groups excluding carboxylic acids is 1. The fourth-order valence-electron chi connectivity index (χ4n) is 6.12. The van der Waals surface area contributed by atoms with Gasteiger partial charge in [-0.3, -0.25) is 0 Å². The highest BCUT2D eigenvalue weighted by atomic mass is 16.3. The minimum Gasteiger partial charge on any atom is -0.396 e. The molecule has 4 saturated carbocycles. The Morgan fingerprint density at radius 3 is 2.45 bits per heavy atom. The van der Waals surface area contributed by atoms with Crippen molar-refractivity contribution in [1.29, 1.82) is 0 Å². The lowest BCUT2D eigenvalue weighted by Crippen LogP contribution is -2.50. The van der Waals surface area contributed by atoms with Crippen molar-refractivity contribution < 1.29 is 9.90 Å². The second kappa shape index (κ2) is 6.03. The third-order valence-electron chi connectivity index (χ3n) is 7.19. The Balaban J connectivity index is 1.25. The van der Waals surface area contributed by atoms with Crippen molar-refractivity contribution in [3.05, 3.63) is 0 Å². The van der Waals surface area contributed by atoms with E-state index in [1.54, 1.807) is 0 Å². The topological polar surface area (TPSA) is 61.4 Å². The lowest BCUT2D eigenvalue weighted by Gasteiger charge is -2.33. The molecule has 4 aliphatic carbocycles. The number of carbonyl (C=O) groups is 1. The number of nitrogens with one attached hydrogen (secondary N) is 2. The Morgan fingerprint density at radius 1 is 0.909 bits per heavy atom. The van der Waals surface area contributed by atoms with E-state index in [9.17, 15) is 9.90 Å². The quantitative estimate of drug-likeness (QED) is 0.750. The van der Waals surface area contributed by atoms with E-state index in [2.05, 4.69) is 10.6 Å². The Kier molecular flexibility index (Phi) is 4.05. The molecular weight excluding hydrogens is 276 g/mol. The van der Waals surface area contributed by atoms with Gasteiger partial charge in [0.2, 0.25) is 0 Å². The molecule has 0 aliphatic heterocycles. The van der Waals surface area contributed by atoms with E-state index >= 15 is 0 Å². The smallest absolute Gasteiger partial charge is 0.315 e. The summed E-state index contributed by atoms with van der Waals surface area (Å²) in [7, 11) is 0. The number of amides is 2. The molecule has 5 atom stereocenters. The second-order valence-corrected chi connectivity index (χ2v) is 8.28. The van der Waals surface area contributed by atoms with Crippen LogP contribution in [0.4, 0.5) is 4.79 Å². The van der Waals surface area contributed by atoms with E-state index in [-0.39, 0.29) is 6.03 Å². The van der Waals surface area contributed by atoms with Gasteiger partial charge < -0.3 is 15.7 Å². The highest BCUT2D eigenvalue weighted by Gasteiger charge is 2.54. The van der Waals surface area contributed by atoms with E-state index < -0.39 is 0 Å². The molecule has 22 heavy (non-hydrogen) atoms. The Bertz CT molecular complexity index is 419. The molecule has 0 spiro atoms. The third-order valence-corrected chi connectivity index (χ3v) is 7.19. The molecule has 124 valence electrons.